The second-order valence-electron chi connectivity index (χ2n) is 6.41. The minimum atomic E-state index is -0.763. The van der Waals surface area contributed by atoms with Gasteiger partial charge in [0.25, 0.3) is 5.69 Å². The number of ether oxygens (including phenoxy) is 4. The van der Waals surface area contributed by atoms with Gasteiger partial charge in [0.2, 0.25) is 6.79 Å². The number of anilines is 1. The molecule has 11 heteroatoms. The number of nitro groups is 1. The predicted octanol–water partition coefficient (Wildman–Crippen LogP) is 3.39. The number of aromatic nitrogens is 1. The minimum Gasteiger partial charge on any atom is -0.497 e. The Kier molecular flexibility index (Phi) is 5.31. The number of rotatable bonds is 7. The fourth-order valence-electron chi connectivity index (χ4n) is 3.08. The third-order valence-electron chi connectivity index (χ3n) is 4.63. The predicted molar refractivity (Wildman–Crippen MR) is 106 cm³/mol. The molecule has 0 atom stereocenters. The Bertz CT molecular complexity index is 1140. The Morgan fingerprint density at radius 3 is 2.55 bits per heavy atom. The number of esters is 1. The molecule has 2 heterocycles. The van der Waals surface area contributed by atoms with Gasteiger partial charge in [0.1, 0.15) is 11.3 Å². The molecule has 1 aliphatic heterocycles. The van der Waals surface area contributed by atoms with Gasteiger partial charge in [-0.1, -0.05) is 17.3 Å². The van der Waals surface area contributed by atoms with Crippen molar-refractivity contribution >= 4 is 17.5 Å². The van der Waals surface area contributed by atoms with Crippen LogP contribution in [0, 0.1) is 10.1 Å². The zero-order chi connectivity index (χ0) is 22.0. The summed E-state index contributed by atoms with van der Waals surface area (Å²) in [5, 5.41) is 18.5. The Balaban J connectivity index is 1.72. The summed E-state index contributed by atoms with van der Waals surface area (Å²) in [4.78, 5) is 23.5. The highest BCUT2D eigenvalue weighted by molar-refractivity contribution is 6.01. The van der Waals surface area contributed by atoms with Crippen molar-refractivity contribution in [1.29, 1.82) is 0 Å². The summed E-state index contributed by atoms with van der Waals surface area (Å²) in [5.74, 6) is 0.435. The van der Waals surface area contributed by atoms with Crippen molar-refractivity contribution < 1.29 is 33.2 Å². The van der Waals surface area contributed by atoms with E-state index < -0.39 is 10.9 Å². The van der Waals surface area contributed by atoms with E-state index in [-0.39, 0.29) is 40.9 Å². The number of nitrogens with zero attached hydrogens (tertiary/aromatic N) is 2. The number of nitrogens with one attached hydrogen (secondary N) is 1. The van der Waals surface area contributed by atoms with Crippen LogP contribution in [0.5, 0.6) is 17.2 Å². The zero-order valence-electron chi connectivity index (χ0n) is 16.5. The van der Waals surface area contributed by atoms with Crippen LogP contribution in [0.1, 0.15) is 15.9 Å². The SMILES string of the molecule is COC(=O)c1c(NCc2ccc(OC)cc2)noc1-c1cc2c(cc1[N+](=O)[O-])OCO2. The van der Waals surface area contributed by atoms with Crippen molar-refractivity contribution in [3.8, 4) is 28.6 Å². The highest BCUT2D eigenvalue weighted by Crippen LogP contribution is 2.44. The molecule has 160 valence electrons. The number of fused-ring (bicyclic) bond motifs is 1. The van der Waals surface area contributed by atoms with Gasteiger partial charge >= 0.3 is 5.97 Å². The number of hydrogen-bond donors (Lipinski definition) is 1. The van der Waals surface area contributed by atoms with Crippen LogP contribution < -0.4 is 19.5 Å². The van der Waals surface area contributed by atoms with E-state index >= 15 is 0 Å². The molecule has 3 aromatic rings. The van der Waals surface area contributed by atoms with Crippen LogP contribution in [0.4, 0.5) is 11.5 Å². The molecular formula is C20H17N3O8. The third-order valence-corrected chi connectivity index (χ3v) is 4.63. The molecule has 0 saturated carbocycles. The van der Waals surface area contributed by atoms with Crippen molar-refractivity contribution in [2.45, 2.75) is 6.54 Å². The normalized spacial score (nSPS) is 11.8. The molecule has 0 bridgehead atoms. The lowest BCUT2D eigenvalue weighted by Gasteiger charge is -2.07. The van der Waals surface area contributed by atoms with Gasteiger partial charge in [0.05, 0.1) is 25.2 Å². The van der Waals surface area contributed by atoms with E-state index in [9.17, 15) is 14.9 Å². The molecule has 1 aliphatic rings. The minimum absolute atomic E-state index is 0.0136. The molecule has 11 nitrogen and oxygen atoms in total. The molecule has 0 amide bonds. The smallest absolute Gasteiger partial charge is 0.345 e. The second-order valence-corrected chi connectivity index (χ2v) is 6.41. The third kappa shape index (κ3) is 3.80. The number of carbonyl (C=O) groups is 1. The summed E-state index contributed by atoms with van der Waals surface area (Å²) < 4.78 is 25.8. The molecule has 4 rings (SSSR count). The van der Waals surface area contributed by atoms with E-state index in [4.69, 9.17) is 23.5 Å². The quantitative estimate of drug-likeness (QED) is 0.339. The van der Waals surface area contributed by atoms with E-state index in [1.807, 2.05) is 12.1 Å². The average molecular weight is 427 g/mol. The number of nitro benzene ring substituents is 1. The maximum atomic E-state index is 12.5. The lowest BCUT2D eigenvalue weighted by Crippen LogP contribution is -2.08. The van der Waals surface area contributed by atoms with Gasteiger partial charge < -0.3 is 28.8 Å². The highest BCUT2D eigenvalue weighted by Gasteiger charge is 2.32. The van der Waals surface area contributed by atoms with Crippen molar-refractivity contribution in [3.05, 3.63) is 57.6 Å². The first-order chi connectivity index (χ1) is 15.0. The molecule has 1 aromatic heterocycles. The van der Waals surface area contributed by atoms with Crippen molar-refractivity contribution in [1.82, 2.24) is 5.16 Å². The van der Waals surface area contributed by atoms with Crippen LogP contribution in [0.15, 0.2) is 40.9 Å². The molecule has 0 aliphatic carbocycles. The summed E-state index contributed by atoms with van der Waals surface area (Å²) in [5.41, 5.74) is 0.500. The molecule has 0 spiro atoms. The van der Waals surface area contributed by atoms with Gasteiger partial charge in [-0.3, -0.25) is 10.1 Å². The maximum Gasteiger partial charge on any atom is 0.345 e. The Morgan fingerprint density at radius 1 is 1.19 bits per heavy atom. The van der Waals surface area contributed by atoms with Gasteiger partial charge in [0.15, 0.2) is 28.6 Å². The molecule has 1 N–H and O–H groups in total. The number of benzene rings is 2. The van der Waals surface area contributed by atoms with Crippen LogP contribution in [-0.2, 0) is 11.3 Å². The lowest BCUT2D eigenvalue weighted by molar-refractivity contribution is -0.384. The summed E-state index contributed by atoms with van der Waals surface area (Å²) in [6.45, 7) is 0.244. The first-order valence-corrected chi connectivity index (χ1v) is 9.05. The monoisotopic (exact) mass is 427 g/mol. The summed E-state index contributed by atoms with van der Waals surface area (Å²) >= 11 is 0. The first kappa shape index (κ1) is 20.0. The fourth-order valence-corrected chi connectivity index (χ4v) is 3.08. The van der Waals surface area contributed by atoms with E-state index in [0.29, 0.717) is 18.0 Å². The van der Waals surface area contributed by atoms with E-state index in [1.54, 1.807) is 19.2 Å². The topological polar surface area (TPSA) is 135 Å². The number of methoxy groups -OCH3 is 2. The molecule has 2 aromatic carbocycles. The number of hydrogen-bond acceptors (Lipinski definition) is 10. The van der Waals surface area contributed by atoms with Crippen LogP contribution in [0.3, 0.4) is 0 Å². The summed E-state index contributed by atoms with van der Waals surface area (Å²) in [7, 11) is 2.77. The summed E-state index contributed by atoms with van der Waals surface area (Å²) in [6.07, 6.45) is 0. The first-order valence-electron chi connectivity index (χ1n) is 9.05. The Morgan fingerprint density at radius 2 is 1.90 bits per heavy atom. The molecule has 0 radical (unpaired) electrons. The fraction of sp³-hybridized carbons (Fsp3) is 0.200. The second kappa shape index (κ2) is 8.22. The Labute approximate surface area is 175 Å². The Hall–Kier alpha value is -4.28. The van der Waals surface area contributed by atoms with Crippen molar-refractivity contribution in [2.24, 2.45) is 0 Å². The highest BCUT2D eigenvalue weighted by atomic mass is 16.7. The zero-order valence-corrected chi connectivity index (χ0v) is 16.5. The standard InChI is InChI=1S/C20H17N3O8/c1-27-12-5-3-11(4-6-12)9-21-19-17(20(24)28-2)18(31-22-19)13-7-15-16(30-10-29-15)8-14(13)23(25)26/h3-8H,9-10H2,1-2H3,(H,21,22). The van der Waals surface area contributed by atoms with Gasteiger partial charge in [-0.25, -0.2) is 4.79 Å². The maximum absolute atomic E-state index is 12.5. The van der Waals surface area contributed by atoms with Crippen molar-refractivity contribution in [2.75, 3.05) is 26.3 Å². The van der Waals surface area contributed by atoms with E-state index in [0.717, 1.165) is 5.56 Å². The van der Waals surface area contributed by atoms with Crippen molar-refractivity contribution in [3.63, 3.8) is 0 Å². The summed E-state index contributed by atoms with van der Waals surface area (Å²) in [6, 6.07) is 9.86. The van der Waals surface area contributed by atoms with Gasteiger partial charge in [-0.05, 0) is 17.7 Å². The van der Waals surface area contributed by atoms with Crippen LogP contribution in [0.2, 0.25) is 0 Å². The van der Waals surface area contributed by atoms with Crippen LogP contribution in [-0.4, -0.2) is 37.1 Å². The van der Waals surface area contributed by atoms with E-state index in [2.05, 4.69) is 10.5 Å². The largest absolute Gasteiger partial charge is 0.497 e. The van der Waals surface area contributed by atoms with Crippen LogP contribution >= 0.6 is 0 Å². The van der Waals surface area contributed by atoms with Gasteiger partial charge in [-0.15, -0.1) is 0 Å². The molecule has 0 saturated heterocycles. The van der Waals surface area contributed by atoms with Gasteiger partial charge in [0, 0.05) is 12.6 Å². The molecule has 0 fully saturated rings. The van der Waals surface area contributed by atoms with Crippen LogP contribution in [0.25, 0.3) is 11.3 Å². The molecular weight excluding hydrogens is 410 g/mol. The molecule has 0 unspecified atom stereocenters. The average Bonchev–Trinajstić information content (AvgIpc) is 3.42. The van der Waals surface area contributed by atoms with E-state index in [1.165, 1.54) is 19.2 Å². The number of carbonyl (C=O) groups excluding carboxylic acids is 1. The van der Waals surface area contributed by atoms with Gasteiger partial charge in [-0.2, -0.15) is 0 Å². The lowest BCUT2D eigenvalue weighted by atomic mass is 10.1. The molecule has 31 heavy (non-hydrogen) atoms.